The van der Waals surface area contributed by atoms with Crippen LogP contribution in [0, 0.1) is 10.1 Å². The van der Waals surface area contributed by atoms with Crippen LogP contribution in [0.1, 0.15) is 44.0 Å². The molecule has 0 radical (unpaired) electrons. The summed E-state index contributed by atoms with van der Waals surface area (Å²) in [4.78, 5) is 46.3. The lowest BCUT2D eigenvalue weighted by Gasteiger charge is -2.22. The van der Waals surface area contributed by atoms with E-state index in [-0.39, 0.29) is 30.1 Å². The van der Waals surface area contributed by atoms with Crippen molar-refractivity contribution in [3.63, 3.8) is 0 Å². The third-order valence-electron chi connectivity index (χ3n) is 3.88. The highest BCUT2D eigenvalue weighted by Crippen LogP contribution is 2.16. The topological polar surface area (TPSA) is 137 Å². The number of hydrogen-bond donors (Lipinski definition) is 2. The number of carbonyl (C=O) groups is 3. The molecular weight excluding hydrogens is 370 g/mol. The van der Waals surface area contributed by atoms with E-state index in [1.807, 2.05) is 0 Å². The molecule has 0 spiro atoms. The van der Waals surface area contributed by atoms with Crippen LogP contribution in [0.3, 0.4) is 0 Å². The van der Waals surface area contributed by atoms with E-state index in [4.69, 9.17) is 9.47 Å². The molecule has 2 rings (SSSR count). The smallest absolute Gasteiger partial charge is 0.408 e. The molecular formula is C18H23N3O7. The lowest BCUT2D eigenvalue weighted by molar-refractivity contribution is -0.384. The van der Waals surface area contributed by atoms with Crippen molar-refractivity contribution >= 4 is 23.7 Å². The predicted octanol–water partition coefficient (Wildman–Crippen LogP) is 1.92. The lowest BCUT2D eigenvalue weighted by Crippen LogP contribution is -2.47. The van der Waals surface area contributed by atoms with E-state index in [2.05, 4.69) is 10.6 Å². The summed E-state index contributed by atoms with van der Waals surface area (Å²) in [6, 6.07) is 4.25. The quantitative estimate of drug-likeness (QED) is 0.453. The molecule has 0 bridgehead atoms. The molecule has 1 fully saturated rings. The molecule has 1 saturated heterocycles. The van der Waals surface area contributed by atoms with Crippen molar-refractivity contribution in [1.29, 1.82) is 0 Å². The van der Waals surface area contributed by atoms with Crippen molar-refractivity contribution in [2.45, 2.75) is 51.4 Å². The van der Waals surface area contributed by atoms with Gasteiger partial charge in [-0.05, 0) is 45.7 Å². The average Bonchev–Trinajstić information content (AvgIpc) is 2.76. The van der Waals surface area contributed by atoms with Gasteiger partial charge in [-0.3, -0.25) is 14.9 Å². The molecule has 10 nitrogen and oxygen atoms in total. The molecule has 1 heterocycles. The van der Waals surface area contributed by atoms with Gasteiger partial charge in [0.25, 0.3) is 5.69 Å². The zero-order valence-corrected chi connectivity index (χ0v) is 15.9. The fourth-order valence-corrected chi connectivity index (χ4v) is 2.55. The number of rotatable bonds is 4. The van der Waals surface area contributed by atoms with Crippen LogP contribution in [0.2, 0.25) is 0 Å². The normalized spacial score (nSPS) is 19.8. The average molecular weight is 393 g/mol. The van der Waals surface area contributed by atoms with Crippen LogP contribution in [0.5, 0.6) is 0 Å². The molecule has 1 aromatic rings. The van der Waals surface area contributed by atoms with Crippen molar-refractivity contribution in [2.75, 3.05) is 6.54 Å². The minimum absolute atomic E-state index is 0.101. The first-order valence-corrected chi connectivity index (χ1v) is 8.78. The first-order valence-electron chi connectivity index (χ1n) is 8.78. The number of non-ortho nitro benzene ring substituents is 1. The Morgan fingerprint density at radius 3 is 2.43 bits per heavy atom. The van der Waals surface area contributed by atoms with Gasteiger partial charge >= 0.3 is 12.1 Å². The van der Waals surface area contributed by atoms with E-state index in [9.17, 15) is 24.5 Å². The summed E-state index contributed by atoms with van der Waals surface area (Å²) < 4.78 is 10.5. The van der Waals surface area contributed by atoms with E-state index >= 15 is 0 Å². The molecule has 0 aromatic heterocycles. The van der Waals surface area contributed by atoms with Gasteiger partial charge in [-0.15, -0.1) is 0 Å². The van der Waals surface area contributed by atoms with Gasteiger partial charge in [-0.1, -0.05) is 0 Å². The van der Waals surface area contributed by atoms with Crippen LogP contribution in [-0.4, -0.2) is 47.2 Å². The summed E-state index contributed by atoms with van der Waals surface area (Å²) in [6.45, 7) is 5.25. The Morgan fingerprint density at radius 1 is 1.21 bits per heavy atom. The van der Waals surface area contributed by atoms with E-state index in [0.29, 0.717) is 6.42 Å². The first kappa shape index (κ1) is 21.1. The molecule has 2 N–H and O–H groups in total. The summed E-state index contributed by atoms with van der Waals surface area (Å²) in [5, 5.41) is 15.8. The van der Waals surface area contributed by atoms with E-state index in [0.717, 1.165) is 0 Å². The fourth-order valence-electron chi connectivity index (χ4n) is 2.55. The number of amides is 2. The number of nitro benzene ring substituents is 1. The highest BCUT2D eigenvalue weighted by atomic mass is 16.6. The molecule has 28 heavy (non-hydrogen) atoms. The Kier molecular flexibility index (Phi) is 6.55. The number of nitrogens with one attached hydrogen (secondary N) is 2. The van der Waals surface area contributed by atoms with Crippen LogP contribution >= 0.6 is 0 Å². The number of benzene rings is 1. The monoisotopic (exact) mass is 393 g/mol. The van der Waals surface area contributed by atoms with Crippen LogP contribution < -0.4 is 10.6 Å². The second-order valence-corrected chi connectivity index (χ2v) is 7.35. The summed E-state index contributed by atoms with van der Waals surface area (Å²) >= 11 is 0. The molecule has 0 saturated carbocycles. The van der Waals surface area contributed by atoms with Crippen molar-refractivity contribution in [3.8, 4) is 0 Å². The molecule has 0 unspecified atom stereocenters. The Balaban J connectivity index is 1.91. The lowest BCUT2D eigenvalue weighted by atomic mass is 10.1. The van der Waals surface area contributed by atoms with Gasteiger partial charge in [0.05, 0.1) is 17.0 Å². The van der Waals surface area contributed by atoms with Crippen molar-refractivity contribution in [1.82, 2.24) is 10.6 Å². The Morgan fingerprint density at radius 2 is 1.86 bits per heavy atom. The molecule has 2 amide bonds. The molecule has 1 aliphatic rings. The second kappa shape index (κ2) is 8.68. The van der Waals surface area contributed by atoms with Gasteiger partial charge in [0.1, 0.15) is 17.7 Å². The molecule has 0 aliphatic carbocycles. The van der Waals surface area contributed by atoms with Gasteiger partial charge in [0.15, 0.2) is 0 Å². The van der Waals surface area contributed by atoms with Crippen LogP contribution in [0.25, 0.3) is 0 Å². The summed E-state index contributed by atoms with van der Waals surface area (Å²) in [7, 11) is 0. The van der Waals surface area contributed by atoms with E-state index in [1.54, 1.807) is 20.8 Å². The summed E-state index contributed by atoms with van der Waals surface area (Å²) in [5.74, 6) is -1.03. The van der Waals surface area contributed by atoms with Crippen molar-refractivity contribution in [2.24, 2.45) is 0 Å². The van der Waals surface area contributed by atoms with Crippen molar-refractivity contribution < 1.29 is 28.8 Å². The number of alkyl carbamates (subject to hydrolysis) is 1. The number of nitro groups is 1. The number of ether oxygens (including phenoxy) is 2. The maximum atomic E-state index is 12.2. The highest BCUT2D eigenvalue weighted by Gasteiger charge is 2.29. The zero-order chi connectivity index (χ0) is 20.9. The highest BCUT2D eigenvalue weighted by molar-refractivity contribution is 5.90. The van der Waals surface area contributed by atoms with Crippen LogP contribution in [0.15, 0.2) is 24.3 Å². The predicted molar refractivity (Wildman–Crippen MR) is 97.7 cm³/mol. The Labute approximate surface area is 161 Å². The standard InChI is InChI=1S/C18H23N3O7/c1-18(2,3)28-17(24)20-14-9-8-13(10-19-15(14)22)27-16(23)11-4-6-12(7-5-11)21(25)26/h4-7,13-14H,8-10H2,1-3H3,(H,19,22)(H,20,24)/t13-,14-/m0/s1. The number of carbonyl (C=O) groups excluding carboxylic acids is 3. The van der Waals surface area contributed by atoms with Crippen LogP contribution in [-0.2, 0) is 14.3 Å². The van der Waals surface area contributed by atoms with Gasteiger partial charge in [0, 0.05) is 12.1 Å². The fraction of sp³-hybridized carbons (Fsp3) is 0.500. The second-order valence-electron chi connectivity index (χ2n) is 7.35. The maximum absolute atomic E-state index is 12.2. The molecule has 1 aromatic carbocycles. The largest absolute Gasteiger partial charge is 0.457 e. The minimum Gasteiger partial charge on any atom is -0.457 e. The molecule has 2 atom stereocenters. The van der Waals surface area contributed by atoms with Gasteiger partial charge < -0.3 is 20.1 Å². The third-order valence-corrected chi connectivity index (χ3v) is 3.88. The molecule has 152 valence electrons. The Hall–Kier alpha value is -3.17. The summed E-state index contributed by atoms with van der Waals surface area (Å²) in [6.07, 6.45) is -0.674. The zero-order valence-electron chi connectivity index (χ0n) is 15.9. The van der Waals surface area contributed by atoms with E-state index in [1.165, 1.54) is 24.3 Å². The Bertz CT molecular complexity index is 755. The number of esters is 1. The maximum Gasteiger partial charge on any atom is 0.408 e. The first-order chi connectivity index (χ1) is 13.0. The van der Waals surface area contributed by atoms with Gasteiger partial charge in [0.2, 0.25) is 5.91 Å². The van der Waals surface area contributed by atoms with Gasteiger partial charge in [-0.25, -0.2) is 9.59 Å². The third kappa shape index (κ3) is 6.22. The molecule has 10 heteroatoms. The molecule has 1 aliphatic heterocycles. The van der Waals surface area contributed by atoms with Crippen LogP contribution in [0.4, 0.5) is 10.5 Å². The number of nitrogens with zero attached hydrogens (tertiary/aromatic N) is 1. The minimum atomic E-state index is -0.794. The summed E-state index contributed by atoms with van der Waals surface area (Å²) in [5.41, 5.74) is -0.646. The SMILES string of the molecule is CC(C)(C)OC(=O)N[C@H]1CC[C@H](OC(=O)c2ccc([N+](=O)[O-])cc2)CNC1=O. The van der Waals surface area contributed by atoms with E-state index < -0.39 is 34.7 Å². The van der Waals surface area contributed by atoms with Crippen molar-refractivity contribution in [3.05, 3.63) is 39.9 Å². The number of hydrogen-bond acceptors (Lipinski definition) is 7. The van der Waals surface area contributed by atoms with Gasteiger partial charge in [-0.2, -0.15) is 0 Å².